The molecule has 0 aliphatic carbocycles. The van der Waals surface area contributed by atoms with Crippen LogP contribution in [0.3, 0.4) is 0 Å². The van der Waals surface area contributed by atoms with Crippen LogP contribution in [0.4, 0.5) is 0 Å². The number of aromatic hydroxyl groups is 1. The fourth-order valence-corrected chi connectivity index (χ4v) is 5.39. The van der Waals surface area contributed by atoms with E-state index in [-0.39, 0.29) is 41.8 Å². The second kappa shape index (κ2) is 9.66. The van der Waals surface area contributed by atoms with Gasteiger partial charge in [-0.05, 0) is 55.3 Å². The van der Waals surface area contributed by atoms with Crippen molar-refractivity contribution in [3.05, 3.63) is 72.4 Å². The molecule has 1 unspecified atom stereocenters. The zero-order valence-electron chi connectivity index (χ0n) is 20.6. The van der Waals surface area contributed by atoms with Gasteiger partial charge in [-0.1, -0.05) is 17.4 Å². The van der Waals surface area contributed by atoms with Crippen molar-refractivity contribution in [1.82, 2.24) is 4.57 Å². The normalized spacial score (nSPS) is 16.3. The predicted octanol–water partition coefficient (Wildman–Crippen LogP) is 2.25. The summed E-state index contributed by atoms with van der Waals surface area (Å²) in [6, 6.07) is 7.72. The number of phenolic OH excluding ortho intramolecular Hbond substituents is 1. The number of allylic oxidation sites excluding steroid dienone is 1. The molecule has 192 valence electrons. The van der Waals surface area contributed by atoms with Gasteiger partial charge in [-0.2, -0.15) is 0 Å². The Morgan fingerprint density at radius 2 is 1.89 bits per heavy atom. The number of esters is 1. The molecule has 0 amide bonds. The largest absolute Gasteiger partial charge is 0.502 e. The van der Waals surface area contributed by atoms with E-state index in [4.69, 9.17) is 23.7 Å². The Balaban J connectivity index is 1.72. The number of carbonyl (C=O) groups is 1. The highest BCUT2D eigenvalue weighted by Crippen LogP contribution is 2.39. The smallest absolute Gasteiger partial charge is 0.338 e. The molecule has 1 atom stereocenters. The number of hydrogen-bond acceptors (Lipinski definition) is 10. The number of benzene rings is 2. The molecule has 2 aromatic carbocycles. The highest BCUT2D eigenvalue weighted by atomic mass is 32.1. The first-order chi connectivity index (χ1) is 17.9. The topological polar surface area (TPSA) is 118 Å². The molecule has 0 radical (unpaired) electrons. The fraction of sp³-hybridized carbons (Fsp3) is 0.269. The molecule has 5 rings (SSSR count). The SMILES string of the molecule is CCOC(=O)C1=C(C)N=c2s/c(=C\c3cc(OC)c(O)c(OC)c3)c(=O)n2C1c1ccc2c(c1)OCO2. The second-order valence-corrected chi connectivity index (χ2v) is 9.20. The number of thiazole rings is 1. The van der Waals surface area contributed by atoms with Gasteiger partial charge in [-0.3, -0.25) is 9.36 Å². The summed E-state index contributed by atoms with van der Waals surface area (Å²) >= 11 is 1.18. The van der Waals surface area contributed by atoms with Crippen molar-refractivity contribution in [2.24, 2.45) is 4.99 Å². The third kappa shape index (κ3) is 4.20. The third-order valence-electron chi connectivity index (χ3n) is 6.03. The van der Waals surface area contributed by atoms with Crippen LogP contribution in [0, 0.1) is 0 Å². The minimum Gasteiger partial charge on any atom is -0.502 e. The Bertz CT molecular complexity index is 1590. The number of carbonyl (C=O) groups excluding carboxylic acids is 1. The summed E-state index contributed by atoms with van der Waals surface area (Å²) in [5, 5.41) is 10.2. The van der Waals surface area contributed by atoms with Crippen molar-refractivity contribution in [1.29, 1.82) is 0 Å². The van der Waals surface area contributed by atoms with Gasteiger partial charge in [0.1, 0.15) is 0 Å². The number of ether oxygens (including phenoxy) is 5. The Morgan fingerprint density at radius 3 is 2.57 bits per heavy atom. The van der Waals surface area contributed by atoms with Crippen LogP contribution in [0.5, 0.6) is 28.7 Å². The first-order valence-electron chi connectivity index (χ1n) is 11.4. The average molecular weight is 525 g/mol. The van der Waals surface area contributed by atoms with E-state index in [0.717, 1.165) is 0 Å². The van der Waals surface area contributed by atoms with Crippen molar-refractivity contribution in [2.45, 2.75) is 19.9 Å². The van der Waals surface area contributed by atoms with E-state index in [1.54, 1.807) is 50.3 Å². The predicted molar refractivity (Wildman–Crippen MR) is 134 cm³/mol. The molecule has 0 bridgehead atoms. The summed E-state index contributed by atoms with van der Waals surface area (Å²) in [5.41, 5.74) is 1.63. The van der Waals surface area contributed by atoms with Gasteiger partial charge >= 0.3 is 5.97 Å². The Morgan fingerprint density at radius 1 is 1.19 bits per heavy atom. The third-order valence-corrected chi connectivity index (χ3v) is 7.01. The summed E-state index contributed by atoms with van der Waals surface area (Å²) in [5.74, 6) is 0.842. The number of aromatic nitrogens is 1. The minimum absolute atomic E-state index is 0.0979. The molecule has 37 heavy (non-hydrogen) atoms. The lowest BCUT2D eigenvalue weighted by Crippen LogP contribution is -2.39. The van der Waals surface area contributed by atoms with E-state index >= 15 is 0 Å². The molecule has 0 saturated carbocycles. The van der Waals surface area contributed by atoms with E-state index in [1.807, 2.05) is 0 Å². The number of phenols is 1. The standard InChI is InChI=1S/C26H24N2O8S/c1-5-34-25(31)21-13(2)27-26-28(22(21)15-6-7-16-17(11-15)36-12-35-16)24(30)20(37-26)10-14-8-18(32-3)23(29)19(9-14)33-4/h6-11,22,29H,5,12H2,1-4H3/b20-10-. The van der Waals surface area contributed by atoms with Crippen LogP contribution >= 0.6 is 11.3 Å². The molecule has 11 heteroatoms. The summed E-state index contributed by atoms with van der Waals surface area (Å²) in [4.78, 5) is 31.8. The maximum Gasteiger partial charge on any atom is 0.338 e. The minimum atomic E-state index is -0.782. The summed E-state index contributed by atoms with van der Waals surface area (Å²) in [6.45, 7) is 3.72. The van der Waals surface area contributed by atoms with E-state index in [1.165, 1.54) is 30.1 Å². The Kier molecular flexibility index (Phi) is 6.38. The van der Waals surface area contributed by atoms with Gasteiger partial charge in [0, 0.05) is 0 Å². The Hall–Kier alpha value is -4.25. The van der Waals surface area contributed by atoms with Gasteiger partial charge in [0.15, 0.2) is 27.8 Å². The highest BCUT2D eigenvalue weighted by molar-refractivity contribution is 7.07. The fourth-order valence-electron chi connectivity index (χ4n) is 4.34. The molecular formula is C26H24N2O8S. The van der Waals surface area contributed by atoms with Crippen molar-refractivity contribution in [2.75, 3.05) is 27.6 Å². The number of hydrogen-bond donors (Lipinski definition) is 1. The molecule has 0 saturated heterocycles. The van der Waals surface area contributed by atoms with Crippen molar-refractivity contribution in [3.63, 3.8) is 0 Å². The molecule has 2 aliphatic heterocycles. The zero-order valence-corrected chi connectivity index (χ0v) is 21.4. The van der Waals surface area contributed by atoms with Gasteiger partial charge in [0.25, 0.3) is 5.56 Å². The van der Waals surface area contributed by atoms with Gasteiger partial charge in [0.05, 0.1) is 42.7 Å². The molecule has 3 heterocycles. The lowest BCUT2D eigenvalue weighted by atomic mass is 9.95. The molecule has 1 aromatic heterocycles. The first kappa shape index (κ1) is 24.4. The van der Waals surface area contributed by atoms with Crippen molar-refractivity contribution in [3.8, 4) is 28.7 Å². The van der Waals surface area contributed by atoms with Crippen molar-refractivity contribution < 1.29 is 33.6 Å². The first-order valence-corrected chi connectivity index (χ1v) is 12.2. The second-order valence-electron chi connectivity index (χ2n) is 8.19. The van der Waals surface area contributed by atoms with Gasteiger partial charge in [0.2, 0.25) is 12.5 Å². The molecule has 10 nitrogen and oxygen atoms in total. The van der Waals surface area contributed by atoms with E-state index < -0.39 is 12.0 Å². The molecule has 2 aliphatic rings. The highest BCUT2D eigenvalue weighted by Gasteiger charge is 2.34. The van der Waals surface area contributed by atoms with Crippen LogP contribution in [0.15, 0.2) is 51.4 Å². The van der Waals surface area contributed by atoms with Crippen LogP contribution in [-0.2, 0) is 9.53 Å². The van der Waals surface area contributed by atoms with Gasteiger partial charge in [-0.15, -0.1) is 0 Å². The van der Waals surface area contributed by atoms with Crippen LogP contribution in [0.25, 0.3) is 6.08 Å². The van der Waals surface area contributed by atoms with Crippen molar-refractivity contribution >= 4 is 23.4 Å². The average Bonchev–Trinajstić information content (AvgIpc) is 3.47. The number of nitrogens with zero attached hydrogens (tertiary/aromatic N) is 2. The van der Waals surface area contributed by atoms with E-state index in [0.29, 0.717) is 37.7 Å². The number of fused-ring (bicyclic) bond motifs is 2. The molecule has 0 fully saturated rings. The molecular weight excluding hydrogens is 500 g/mol. The van der Waals surface area contributed by atoms with Gasteiger partial charge in [-0.25, -0.2) is 9.79 Å². The Labute approximate surface area is 215 Å². The zero-order chi connectivity index (χ0) is 26.3. The van der Waals surface area contributed by atoms with Crippen LogP contribution in [-0.4, -0.2) is 43.3 Å². The summed E-state index contributed by atoms with van der Waals surface area (Å²) < 4.78 is 28.6. The lowest BCUT2D eigenvalue weighted by molar-refractivity contribution is -0.139. The van der Waals surface area contributed by atoms with E-state index in [9.17, 15) is 14.7 Å². The molecule has 3 aromatic rings. The monoisotopic (exact) mass is 524 g/mol. The quantitative estimate of drug-likeness (QED) is 0.488. The van der Waals surface area contributed by atoms with Crippen LogP contribution < -0.4 is 33.8 Å². The van der Waals surface area contributed by atoms with E-state index in [2.05, 4.69) is 4.99 Å². The van der Waals surface area contributed by atoms with Crippen LogP contribution in [0.1, 0.15) is 31.0 Å². The molecule has 0 spiro atoms. The van der Waals surface area contributed by atoms with Crippen LogP contribution in [0.2, 0.25) is 0 Å². The summed E-state index contributed by atoms with van der Waals surface area (Å²) in [7, 11) is 2.86. The molecule has 1 N–H and O–H groups in total. The number of rotatable bonds is 6. The summed E-state index contributed by atoms with van der Waals surface area (Å²) in [6.07, 6.45) is 1.66. The maximum atomic E-state index is 13.8. The van der Waals surface area contributed by atoms with Gasteiger partial charge < -0.3 is 28.8 Å². The number of methoxy groups -OCH3 is 2. The lowest BCUT2D eigenvalue weighted by Gasteiger charge is -2.24. The maximum absolute atomic E-state index is 13.8.